The van der Waals surface area contributed by atoms with Gasteiger partial charge in [-0.3, -0.25) is 4.79 Å². The molecule has 7 nitrogen and oxygen atoms in total. The molecule has 0 saturated carbocycles. The number of carbonyl (C=O) groups is 2. The first-order valence-corrected chi connectivity index (χ1v) is 8.18. The zero-order valence-corrected chi connectivity index (χ0v) is 12.0. The number of nitrogens with one attached hydrogen (secondary N) is 3. The minimum atomic E-state index is -3.01. The number of carbonyl (C=O) groups excluding carboxylic acids is 2. The molecular weight excluding hydrogens is 270 g/mol. The van der Waals surface area contributed by atoms with Crippen LogP contribution < -0.4 is 16.0 Å². The van der Waals surface area contributed by atoms with Crippen LogP contribution in [0.15, 0.2) is 0 Å². The zero-order valence-electron chi connectivity index (χ0n) is 11.2. The molecule has 0 aromatic heterocycles. The van der Waals surface area contributed by atoms with E-state index in [1.54, 1.807) is 0 Å². The van der Waals surface area contributed by atoms with E-state index in [2.05, 4.69) is 16.0 Å². The fraction of sp³-hybridized carbons (Fsp3) is 0.818. The van der Waals surface area contributed by atoms with Crippen LogP contribution in [0.2, 0.25) is 0 Å². The van der Waals surface area contributed by atoms with Crippen molar-refractivity contribution in [1.29, 1.82) is 0 Å². The van der Waals surface area contributed by atoms with Gasteiger partial charge in [0.25, 0.3) is 0 Å². The average Bonchev–Trinajstić information content (AvgIpc) is 2.66. The SMILES string of the molecule is CCC(C)NC(=O)NCC(=O)NC1CCS(=O)(=O)C1. The Morgan fingerprint density at radius 1 is 1.37 bits per heavy atom. The summed E-state index contributed by atoms with van der Waals surface area (Å²) in [7, 11) is -3.01. The number of rotatable bonds is 5. The van der Waals surface area contributed by atoms with Crippen LogP contribution in [0.1, 0.15) is 26.7 Å². The number of urea groups is 1. The molecule has 3 N–H and O–H groups in total. The highest BCUT2D eigenvalue weighted by Gasteiger charge is 2.28. The first-order valence-electron chi connectivity index (χ1n) is 6.36. The second-order valence-corrected chi connectivity index (χ2v) is 7.03. The van der Waals surface area contributed by atoms with Crippen molar-refractivity contribution in [2.24, 2.45) is 0 Å². The van der Waals surface area contributed by atoms with Gasteiger partial charge >= 0.3 is 6.03 Å². The molecule has 19 heavy (non-hydrogen) atoms. The summed E-state index contributed by atoms with van der Waals surface area (Å²) in [6.07, 6.45) is 1.24. The minimum absolute atomic E-state index is 0.0161. The van der Waals surface area contributed by atoms with Gasteiger partial charge in [0.2, 0.25) is 5.91 Å². The van der Waals surface area contributed by atoms with Crippen molar-refractivity contribution in [1.82, 2.24) is 16.0 Å². The smallest absolute Gasteiger partial charge is 0.315 e. The van der Waals surface area contributed by atoms with E-state index in [1.165, 1.54) is 0 Å². The highest BCUT2D eigenvalue weighted by Crippen LogP contribution is 2.10. The molecule has 1 aliphatic rings. The Labute approximate surface area is 113 Å². The van der Waals surface area contributed by atoms with Crippen molar-refractivity contribution in [3.8, 4) is 0 Å². The summed E-state index contributed by atoms with van der Waals surface area (Å²) in [6.45, 7) is 3.65. The van der Waals surface area contributed by atoms with Gasteiger partial charge in [0.05, 0.1) is 18.1 Å². The van der Waals surface area contributed by atoms with Crippen LogP contribution in [0.5, 0.6) is 0 Å². The molecular formula is C11H21N3O4S. The summed E-state index contributed by atoms with van der Waals surface area (Å²) in [5, 5.41) is 7.69. The Kier molecular flexibility index (Phi) is 5.59. The van der Waals surface area contributed by atoms with E-state index in [0.717, 1.165) is 6.42 Å². The summed E-state index contributed by atoms with van der Waals surface area (Å²) in [5.74, 6) is -0.279. The van der Waals surface area contributed by atoms with Crippen molar-refractivity contribution in [2.75, 3.05) is 18.1 Å². The first kappa shape index (κ1) is 15.7. The molecule has 0 bridgehead atoms. The molecule has 3 amide bonds. The third kappa shape index (κ3) is 5.91. The van der Waals surface area contributed by atoms with E-state index < -0.39 is 15.9 Å². The van der Waals surface area contributed by atoms with Crippen LogP contribution in [-0.4, -0.2) is 50.5 Å². The van der Waals surface area contributed by atoms with Gasteiger partial charge < -0.3 is 16.0 Å². The highest BCUT2D eigenvalue weighted by atomic mass is 32.2. The summed E-state index contributed by atoms with van der Waals surface area (Å²) in [4.78, 5) is 22.9. The maximum atomic E-state index is 11.5. The lowest BCUT2D eigenvalue weighted by Crippen LogP contribution is -2.46. The van der Waals surface area contributed by atoms with Crippen molar-refractivity contribution in [3.63, 3.8) is 0 Å². The van der Waals surface area contributed by atoms with Gasteiger partial charge in [-0.1, -0.05) is 6.92 Å². The fourth-order valence-electron chi connectivity index (χ4n) is 1.72. The predicted octanol–water partition coefficient (Wildman–Crippen LogP) is -0.613. The zero-order chi connectivity index (χ0) is 14.5. The number of sulfone groups is 1. The summed E-state index contributed by atoms with van der Waals surface area (Å²) in [6, 6.07) is -0.691. The molecule has 1 fully saturated rings. The van der Waals surface area contributed by atoms with Gasteiger partial charge in [0.15, 0.2) is 9.84 Å². The van der Waals surface area contributed by atoms with Gasteiger partial charge in [-0.15, -0.1) is 0 Å². The Hall–Kier alpha value is -1.31. The highest BCUT2D eigenvalue weighted by molar-refractivity contribution is 7.91. The van der Waals surface area contributed by atoms with Gasteiger partial charge in [0, 0.05) is 12.1 Å². The third-order valence-electron chi connectivity index (χ3n) is 3.00. The Bertz CT molecular complexity index is 435. The molecule has 0 aromatic rings. The van der Waals surface area contributed by atoms with Gasteiger partial charge in [-0.05, 0) is 19.8 Å². The van der Waals surface area contributed by atoms with Gasteiger partial charge in [-0.25, -0.2) is 13.2 Å². The third-order valence-corrected chi connectivity index (χ3v) is 4.76. The average molecular weight is 291 g/mol. The summed E-state index contributed by atoms with van der Waals surface area (Å²) >= 11 is 0. The second-order valence-electron chi connectivity index (χ2n) is 4.80. The molecule has 0 aromatic carbocycles. The summed E-state index contributed by atoms with van der Waals surface area (Å²) in [5.41, 5.74) is 0. The minimum Gasteiger partial charge on any atom is -0.351 e. The Balaban J connectivity index is 2.23. The van der Waals surface area contributed by atoms with Crippen LogP contribution in [0.25, 0.3) is 0 Å². The van der Waals surface area contributed by atoms with Gasteiger partial charge in [0.1, 0.15) is 0 Å². The topological polar surface area (TPSA) is 104 Å². The normalized spacial score (nSPS) is 22.5. The molecule has 8 heteroatoms. The molecule has 2 atom stereocenters. The molecule has 0 spiro atoms. The van der Waals surface area contributed by atoms with E-state index in [0.29, 0.717) is 6.42 Å². The summed E-state index contributed by atoms with van der Waals surface area (Å²) < 4.78 is 22.4. The quantitative estimate of drug-likeness (QED) is 0.628. The van der Waals surface area contributed by atoms with Crippen LogP contribution in [-0.2, 0) is 14.6 Å². The molecule has 2 unspecified atom stereocenters. The van der Waals surface area contributed by atoms with Crippen molar-refractivity contribution < 1.29 is 18.0 Å². The van der Waals surface area contributed by atoms with Crippen molar-refractivity contribution in [2.45, 2.75) is 38.8 Å². The monoisotopic (exact) mass is 291 g/mol. The molecule has 1 saturated heterocycles. The van der Waals surface area contributed by atoms with Crippen molar-refractivity contribution >= 4 is 21.8 Å². The van der Waals surface area contributed by atoms with Crippen LogP contribution in [0.4, 0.5) is 4.79 Å². The Morgan fingerprint density at radius 2 is 2.05 bits per heavy atom. The van der Waals surface area contributed by atoms with E-state index in [4.69, 9.17) is 0 Å². The van der Waals surface area contributed by atoms with Gasteiger partial charge in [-0.2, -0.15) is 0 Å². The first-order chi connectivity index (χ1) is 8.82. The van der Waals surface area contributed by atoms with Crippen LogP contribution in [0.3, 0.4) is 0 Å². The fourth-order valence-corrected chi connectivity index (χ4v) is 3.40. The van der Waals surface area contributed by atoms with Crippen LogP contribution >= 0.6 is 0 Å². The molecule has 0 radical (unpaired) electrons. The maximum Gasteiger partial charge on any atom is 0.315 e. The van der Waals surface area contributed by atoms with E-state index in [9.17, 15) is 18.0 Å². The lowest BCUT2D eigenvalue weighted by Gasteiger charge is -2.14. The van der Waals surface area contributed by atoms with E-state index in [-0.39, 0.29) is 36.0 Å². The predicted molar refractivity (Wildman–Crippen MR) is 71.5 cm³/mol. The lowest BCUT2D eigenvalue weighted by molar-refractivity contribution is -0.120. The van der Waals surface area contributed by atoms with E-state index in [1.807, 2.05) is 13.8 Å². The van der Waals surface area contributed by atoms with Crippen LogP contribution in [0, 0.1) is 0 Å². The van der Waals surface area contributed by atoms with E-state index >= 15 is 0 Å². The van der Waals surface area contributed by atoms with Crippen molar-refractivity contribution in [3.05, 3.63) is 0 Å². The standard InChI is InChI=1S/C11H21N3O4S/c1-3-8(2)13-11(16)12-6-10(15)14-9-4-5-19(17,18)7-9/h8-9H,3-7H2,1-2H3,(H,14,15)(H2,12,13,16). The number of hydrogen-bond acceptors (Lipinski definition) is 4. The number of amides is 3. The lowest BCUT2D eigenvalue weighted by atomic mass is 10.2. The molecule has 1 rings (SSSR count). The Morgan fingerprint density at radius 3 is 2.58 bits per heavy atom. The maximum absolute atomic E-state index is 11.5. The largest absolute Gasteiger partial charge is 0.351 e. The molecule has 1 aliphatic heterocycles. The number of hydrogen-bond donors (Lipinski definition) is 3. The molecule has 1 heterocycles. The second kappa shape index (κ2) is 6.74. The molecule has 110 valence electrons. The molecule has 0 aliphatic carbocycles.